The van der Waals surface area contributed by atoms with Gasteiger partial charge >= 0.3 is 0 Å². The van der Waals surface area contributed by atoms with Crippen LogP contribution < -0.4 is 5.32 Å². The van der Waals surface area contributed by atoms with Crippen LogP contribution in [-0.2, 0) is 0 Å². The van der Waals surface area contributed by atoms with E-state index in [-0.39, 0.29) is 6.10 Å². The number of hydrogen-bond acceptors (Lipinski definition) is 4. The normalized spacial score (nSPS) is 18.6. The standard InChI is InChI=1S/C14H23N3O/c1-10-8-15-11(2)14(17-10)16-9-13(18)12-6-4-3-5-7-12/h8,12-13,18H,3-7,9H2,1-2H3,(H,16,17). The van der Waals surface area contributed by atoms with Crippen LogP contribution >= 0.6 is 0 Å². The molecule has 4 nitrogen and oxygen atoms in total. The van der Waals surface area contributed by atoms with E-state index in [0.717, 1.165) is 30.0 Å². The van der Waals surface area contributed by atoms with Gasteiger partial charge in [-0.25, -0.2) is 4.98 Å². The van der Waals surface area contributed by atoms with E-state index in [2.05, 4.69) is 15.3 Å². The Morgan fingerprint density at radius 3 is 2.78 bits per heavy atom. The second-order valence-electron chi connectivity index (χ2n) is 5.29. The fourth-order valence-electron chi connectivity index (χ4n) is 2.59. The van der Waals surface area contributed by atoms with Crippen LogP contribution in [0.3, 0.4) is 0 Å². The molecule has 2 N–H and O–H groups in total. The number of aryl methyl sites for hydroxylation is 2. The Hall–Kier alpha value is -1.16. The predicted molar refractivity (Wildman–Crippen MR) is 72.6 cm³/mol. The Labute approximate surface area is 109 Å². The molecule has 0 aromatic carbocycles. The van der Waals surface area contributed by atoms with Gasteiger partial charge in [-0.05, 0) is 32.6 Å². The molecular formula is C14H23N3O. The van der Waals surface area contributed by atoms with Gasteiger partial charge in [0.15, 0.2) is 0 Å². The summed E-state index contributed by atoms with van der Waals surface area (Å²) in [4.78, 5) is 8.67. The quantitative estimate of drug-likeness (QED) is 0.860. The van der Waals surface area contributed by atoms with E-state index in [1.807, 2.05) is 13.8 Å². The summed E-state index contributed by atoms with van der Waals surface area (Å²) in [7, 11) is 0. The highest BCUT2D eigenvalue weighted by Crippen LogP contribution is 2.26. The highest BCUT2D eigenvalue weighted by Gasteiger charge is 2.21. The van der Waals surface area contributed by atoms with E-state index >= 15 is 0 Å². The van der Waals surface area contributed by atoms with Gasteiger partial charge in [-0.15, -0.1) is 0 Å². The summed E-state index contributed by atoms with van der Waals surface area (Å²) in [6, 6.07) is 0. The molecule has 1 aromatic rings. The zero-order chi connectivity index (χ0) is 13.0. The molecule has 1 unspecified atom stereocenters. The van der Waals surface area contributed by atoms with Gasteiger partial charge in [0.2, 0.25) is 0 Å². The molecule has 1 atom stereocenters. The Kier molecular flexibility index (Phi) is 4.53. The van der Waals surface area contributed by atoms with Gasteiger partial charge < -0.3 is 10.4 Å². The lowest BCUT2D eigenvalue weighted by Gasteiger charge is -2.26. The second kappa shape index (κ2) is 6.14. The van der Waals surface area contributed by atoms with Crippen LogP contribution in [0, 0.1) is 19.8 Å². The van der Waals surface area contributed by atoms with Crippen LogP contribution in [0.1, 0.15) is 43.5 Å². The number of anilines is 1. The summed E-state index contributed by atoms with van der Waals surface area (Å²) in [5.41, 5.74) is 1.78. The summed E-state index contributed by atoms with van der Waals surface area (Å²) in [5.74, 6) is 1.24. The van der Waals surface area contributed by atoms with Crippen LogP contribution in [0.4, 0.5) is 5.82 Å². The minimum absolute atomic E-state index is 0.271. The maximum Gasteiger partial charge on any atom is 0.147 e. The Morgan fingerprint density at radius 2 is 2.06 bits per heavy atom. The summed E-state index contributed by atoms with van der Waals surface area (Å²) >= 11 is 0. The van der Waals surface area contributed by atoms with E-state index in [1.54, 1.807) is 6.20 Å². The molecule has 1 saturated carbocycles. The summed E-state index contributed by atoms with van der Waals surface area (Å²) < 4.78 is 0. The zero-order valence-electron chi connectivity index (χ0n) is 11.3. The molecule has 1 fully saturated rings. The summed E-state index contributed by atoms with van der Waals surface area (Å²) in [5, 5.41) is 13.4. The van der Waals surface area contributed by atoms with Gasteiger partial charge in [-0.3, -0.25) is 4.98 Å². The topological polar surface area (TPSA) is 58.0 Å². The van der Waals surface area contributed by atoms with Crippen molar-refractivity contribution in [3.63, 3.8) is 0 Å². The van der Waals surface area contributed by atoms with Crippen molar-refractivity contribution in [1.82, 2.24) is 9.97 Å². The van der Waals surface area contributed by atoms with E-state index in [1.165, 1.54) is 19.3 Å². The molecule has 0 bridgehead atoms. The predicted octanol–water partition coefficient (Wildman–Crippen LogP) is 2.45. The van der Waals surface area contributed by atoms with E-state index in [4.69, 9.17) is 0 Å². The van der Waals surface area contributed by atoms with Crippen molar-refractivity contribution in [2.45, 2.75) is 52.1 Å². The second-order valence-corrected chi connectivity index (χ2v) is 5.29. The van der Waals surface area contributed by atoms with E-state index in [0.29, 0.717) is 12.5 Å². The van der Waals surface area contributed by atoms with Crippen LogP contribution in [0.25, 0.3) is 0 Å². The van der Waals surface area contributed by atoms with Crippen molar-refractivity contribution < 1.29 is 5.11 Å². The van der Waals surface area contributed by atoms with Gasteiger partial charge in [0.1, 0.15) is 5.82 Å². The Bertz CT molecular complexity index is 389. The fourth-order valence-corrected chi connectivity index (χ4v) is 2.59. The van der Waals surface area contributed by atoms with Crippen molar-refractivity contribution in [3.05, 3.63) is 17.6 Å². The molecular weight excluding hydrogens is 226 g/mol. The molecule has 1 heterocycles. The number of nitrogens with one attached hydrogen (secondary N) is 1. The molecule has 1 aliphatic rings. The maximum atomic E-state index is 10.2. The van der Waals surface area contributed by atoms with Crippen LogP contribution in [0.15, 0.2) is 6.20 Å². The highest BCUT2D eigenvalue weighted by molar-refractivity contribution is 5.39. The molecule has 4 heteroatoms. The van der Waals surface area contributed by atoms with Gasteiger partial charge in [-0.1, -0.05) is 19.3 Å². The van der Waals surface area contributed by atoms with E-state index in [9.17, 15) is 5.11 Å². The lowest BCUT2D eigenvalue weighted by Crippen LogP contribution is -2.30. The number of aromatic nitrogens is 2. The molecule has 0 spiro atoms. The summed E-state index contributed by atoms with van der Waals surface area (Å²) in [6.07, 6.45) is 7.63. The largest absolute Gasteiger partial charge is 0.391 e. The lowest BCUT2D eigenvalue weighted by molar-refractivity contribution is 0.0955. The number of aliphatic hydroxyl groups is 1. The van der Waals surface area contributed by atoms with Gasteiger partial charge in [0.25, 0.3) is 0 Å². The number of rotatable bonds is 4. The fraction of sp³-hybridized carbons (Fsp3) is 0.714. The van der Waals surface area contributed by atoms with Crippen LogP contribution in [-0.4, -0.2) is 27.7 Å². The molecule has 2 rings (SSSR count). The average molecular weight is 249 g/mol. The SMILES string of the molecule is Cc1cnc(C)c(NCC(O)C2CCCCC2)n1. The maximum absolute atomic E-state index is 10.2. The minimum Gasteiger partial charge on any atom is -0.391 e. The van der Waals surface area contributed by atoms with Gasteiger partial charge in [-0.2, -0.15) is 0 Å². The first-order valence-electron chi connectivity index (χ1n) is 6.89. The van der Waals surface area contributed by atoms with E-state index < -0.39 is 0 Å². The van der Waals surface area contributed by atoms with Crippen molar-refractivity contribution in [1.29, 1.82) is 0 Å². The van der Waals surface area contributed by atoms with Crippen molar-refractivity contribution in [2.24, 2.45) is 5.92 Å². The third-order valence-corrected chi connectivity index (χ3v) is 3.75. The number of aliphatic hydroxyl groups excluding tert-OH is 1. The third kappa shape index (κ3) is 3.42. The van der Waals surface area contributed by atoms with Crippen molar-refractivity contribution in [3.8, 4) is 0 Å². The van der Waals surface area contributed by atoms with Gasteiger partial charge in [0, 0.05) is 12.7 Å². The molecule has 1 aliphatic carbocycles. The third-order valence-electron chi connectivity index (χ3n) is 3.75. The van der Waals surface area contributed by atoms with Crippen molar-refractivity contribution >= 4 is 5.82 Å². The van der Waals surface area contributed by atoms with Crippen LogP contribution in [0.5, 0.6) is 0 Å². The molecule has 0 aliphatic heterocycles. The monoisotopic (exact) mass is 249 g/mol. The molecule has 0 saturated heterocycles. The number of nitrogens with zero attached hydrogens (tertiary/aromatic N) is 2. The average Bonchev–Trinajstić information content (AvgIpc) is 2.40. The first-order valence-corrected chi connectivity index (χ1v) is 6.89. The Morgan fingerprint density at radius 1 is 1.33 bits per heavy atom. The minimum atomic E-state index is -0.271. The lowest BCUT2D eigenvalue weighted by atomic mass is 9.85. The molecule has 0 amide bonds. The van der Waals surface area contributed by atoms with Gasteiger partial charge in [0.05, 0.1) is 17.5 Å². The first kappa shape index (κ1) is 13.3. The van der Waals surface area contributed by atoms with Crippen LogP contribution in [0.2, 0.25) is 0 Å². The molecule has 100 valence electrons. The summed E-state index contributed by atoms with van der Waals surface area (Å²) in [6.45, 7) is 4.43. The highest BCUT2D eigenvalue weighted by atomic mass is 16.3. The molecule has 1 aromatic heterocycles. The Balaban J connectivity index is 1.88. The zero-order valence-corrected chi connectivity index (χ0v) is 11.3. The molecule has 0 radical (unpaired) electrons. The first-order chi connectivity index (χ1) is 8.66. The number of hydrogen-bond donors (Lipinski definition) is 2. The molecule has 18 heavy (non-hydrogen) atoms. The smallest absolute Gasteiger partial charge is 0.147 e. The van der Waals surface area contributed by atoms with Crippen molar-refractivity contribution in [2.75, 3.05) is 11.9 Å².